The lowest BCUT2D eigenvalue weighted by molar-refractivity contribution is -0.137. The van der Waals surface area contributed by atoms with Crippen LogP contribution in [0.15, 0.2) is 0 Å². The highest BCUT2D eigenvalue weighted by molar-refractivity contribution is 8.76. The Morgan fingerprint density at radius 1 is 0.649 bits per heavy atom. The van der Waals surface area contributed by atoms with Gasteiger partial charge in [0.15, 0.2) is 0 Å². The molecule has 0 aliphatic heterocycles. The summed E-state index contributed by atoms with van der Waals surface area (Å²) >= 11 is 0. The molecule has 0 radical (unpaired) electrons. The van der Waals surface area contributed by atoms with Gasteiger partial charge in [-0.1, -0.05) is 49.3 Å². The molecule has 0 aliphatic carbocycles. The van der Waals surface area contributed by atoms with Crippen LogP contribution in [-0.2, 0) is 19.2 Å². The van der Waals surface area contributed by atoms with Gasteiger partial charge in [-0.05, 0) is 0 Å². The van der Waals surface area contributed by atoms with Gasteiger partial charge in [-0.2, -0.15) is 0 Å². The van der Waals surface area contributed by atoms with E-state index in [1.54, 1.807) is 27.7 Å². The van der Waals surface area contributed by atoms with Crippen molar-refractivity contribution in [3.05, 3.63) is 0 Å². The van der Waals surface area contributed by atoms with Gasteiger partial charge in [-0.25, -0.2) is 0 Å². The number of amides is 4. The Morgan fingerprint density at radius 2 is 0.973 bits per heavy atom. The van der Waals surface area contributed by atoms with E-state index in [0.717, 1.165) is 0 Å². The molecular weight excluding hydrogens is 528 g/mol. The number of hydrogen-bond acceptors (Lipinski definition) is 10. The van der Waals surface area contributed by atoms with Crippen LogP contribution in [-0.4, -0.2) is 113 Å². The molecule has 0 saturated carbocycles. The lowest BCUT2D eigenvalue weighted by Crippen LogP contribution is -2.46. The quantitative estimate of drug-likeness (QED) is 0.0601. The molecule has 0 heterocycles. The topological polar surface area (TPSA) is 229 Å². The predicted molar refractivity (Wildman–Crippen MR) is 144 cm³/mol. The zero-order valence-corrected chi connectivity index (χ0v) is 23.6. The summed E-state index contributed by atoms with van der Waals surface area (Å²) in [4.78, 5) is 47.3. The van der Waals surface area contributed by atoms with Crippen LogP contribution in [0.3, 0.4) is 0 Å². The number of aliphatic hydroxyl groups is 4. The van der Waals surface area contributed by atoms with E-state index >= 15 is 0 Å². The number of hydrogen-bond donors (Lipinski definition) is 8. The van der Waals surface area contributed by atoms with Crippen molar-refractivity contribution in [1.82, 2.24) is 21.3 Å². The van der Waals surface area contributed by atoms with E-state index in [4.69, 9.17) is 0 Å². The minimum Gasteiger partial charge on any atom is -0.412 e. The largest absolute Gasteiger partial charge is 0.412 e. The van der Waals surface area contributed by atoms with Crippen molar-refractivity contribution in [1.29, 1.82) is 0 Å². The first kappa shape index (κ1) is 37.5. The Hall–Kier alpha value is -1.62. The number of carbonyl (C=O) groups excluding carboxylic acids is 4. The SMILES string of the molecule is CC(C)(CO)[C@@H](O)C(=O)NCCC(=O)NCCSSCCNC(=O)CCNC(=O)[C@H](O)C(C)(C)CO.O. The van der Waals surface area contributed by atoms with Crippen LogP contribution < -0.4 is 21.3 Å². The van der Waals surface area contributed by atoms with E-state index in [0.29, 0.717) is 24.6 Å². The smallest absolute Gasteiger partial charge is 0.249 e. The summed E-state index contributed by atoms with van der Waals surface area (Å²) in [7, 11) is 3.07. The lowest BCUT2D eigenvalue weighted by atomic mass is 9.87. The van der Waals surface area contributed by atoms with Gasteiger partial charge in [0.2, 0.25) is 23.6 Å². The highest BCUT2D eigenvalue weighted by Gasteiger charge is 2.33. The molecule has 15 heteroatoms. The Morgan fingerprint density at radius 3 is 1.27 bits per heavy atom. The number of rotatable bonds is 19. The van der Waals surface area contributed by atoms with Crippen LogP contribution in [0, 0.1) is 10.8 Å². The molecule has 4 amide bonds. The van der Waals surface area contributed by atoms with Crippen LogP contribution in [0.2, 0.25) is 0 Å². The summed E-state index contributed by atoms with van der Waals surface area (Å²) in [6.45, 7) is 6.59. The Balaban J connectivity index is 0. The Labute approximate surface area is 226 Å². The van der Waals surface area contributed by atoms with Crippen LogP contribution in [0.5, 0.6) is 0 Å². The molecule has 0 spiro atoms. The molecule has 0 rings (SSSR count). The van der Waals surface area contributed by atoms with Crippen LogP contribution in [0.25, 0.3) is 0 Å². The maximum absolute atomic E-state index is 11.8. The van der Waals surface area contributed by atoms with E-state index < -0.39 is 34.9 Å². The third-order valence-electron chi connectivity index (χ3n) is 5.19. The van der Waals surface area contributed by atoms with E-state index in [9.17, 15) is 39.6 Å². The second-order valence-corrected chi connectivity index (χ2v) is 12.2. The molecule has 0 aliphatic rings. The van der Waals surface area contributed by atoms with Gasteiger partial charge < -0.3 is 47.2 Å². The molecule has 0 unspecified atom stereocenters. The minimum absolute atomic E-state index is 0. The molecule has 10 N–H and O–H groups in total. The number of carbonyl (C=O) groups is 4. The Kier molecular flexibility index (Phi) is 19.7. The minimum atomic E-state index is -1.37. The zero-order chi connectivity index (χ0) is 27.8. The summed E-state index contributed by atoms with van der Waals surface area (Å²) in [6, 6.07) is 0. The van der Waals surface area contributed by atoms with Crippen molar-refractivity contribution in [3.8, 4) is 0 Å². The fourth-order valence-corrected chi connectivity index (χ4v) is 4.25. The molecule has 2 atom stereocenters. The van der Waals surface area contributed by atoms with Crippen molar-refractivity contribution in [3.63, 3.8) is 0 Å². The summed E-state index contributed by atoms with van der Waals surface area (Å²) in [5.41, 5.74) is -1.94. The second-order valence-electron chi connectivity index (χ2n) is 9.52. The van der Waals surface area contributed by atoms with Crippen LogP contribution in [0.1, 0.15) is 40.5 Å². The van der Waals surface area contributed by atoms with E-state index in [-0.39, 0.29) is 56.4 Å². The fraction of sp³-hybridized carbons (Fsp3) is 0.818. The van der Waals surface area contributed by atoms with E-state index in [2.05, 4.69) is 21.3 Å². The first-order valence-electron chi connectivity index (χ1n) is 11.7. The van der Waals surface area contributed by atoms with Crippen LogP contribution >= 0.6 is 21.6 Å². The van der Waals surface area contributed by atoms with Gasteiger partial charge in [0.25, 0.3) is 0 Å². The third kappa shape index (κ3) is 16.1. The normalized spacial score (nSPS) is 13.1. The maximum atomic E-state index is 11.8. The van der Waals surface area contributed by atoms with Crippen molar-refractivity contribution in [2.75, 3.05) is 50.9 Å². The summed E-state index contributed by atoms with van der Waals surface area (Å²) in [6.07, 6.45) is -2.59. The first-order valence-corrected chi connectivity index (χ1v) is 14.2. The zero-order valence-electron chi connectivity index (χ0n) is 22.0. The maximum Gasteiger partial charge on any atom is 0.249 e. The summed E-state index contributed by atoms with van der Waals surface area (Å²) in [5, 5.41) is 48.5. The Bertz CT molecular complexity index is 654. The molecule has 0 bridgehead atoms. The molecule has 0 saturated heterocycles. The molecule has 13 nitrogen and oxygen atoms in total. The molecule has 37 heavy (non-hydrogen) atoms. The van der Waals surface area contributed by atoms with Crippen molar-refractivity contribution < 1.29 is 45.1 Å². The van der Waals surface area contributed by atoms with Crippen molar-refractivity contribution >= 4 is 45.2 Å². The molecule has 0 aromatic carbocycles. The second kappa shape index (κ2) is 19.4. The highest BCUT2D eigenvalue weighted by atomic mass is 33.1. The first-order chi connectivity index (χ1) is 16.8. The van der Waals surface area contributed by atoms with Crippen molar-refractivity contribution in [2.24, 2.45) is 10.8 Å². The molecule has 218 valence electrons. The molecule has 0 fully saturated rings. The molecular formula is C22H44N4O9S2. The molecule has 0 aromatic rings. The van der Waals surface area contributed by atoms with Gasteiger partial charge in [0, 0.05) is 61.4 Å². The summed E-state index contributed by atoms with van der Waals surface area (Å²) < 4.78 is 0. The summed E-state index contributed by atoms with van der Waals surface area (Å²) in [5.74, 6) is -0.428. The third-order valence-corrected chi connectivity index (χ3v) is 7.60. The molecule has 0 aromatic heterocycles. The van der Waals surface area contributed by atoms with Gasteiger partial charge >= 0.3 is 0 Å². The average Bonchev–Trinajstić information content (AvgIpc) is 2.84. The van der Waals surface area contributed by atoms with Gasteiger partial charge in [0.05, 0.1) is 13.2 Å². The van der Waals surface area contributed by atoms with Crippen LogP contribution in [0.4, 0.5) is 0 Å². The highest BCUT2D eigenvalue weighted by Crippen LogP contribution is 2.20. The van der Waals surface area contributed by atoms with E-state index in [1.165, 1.54) is 21.6 Å². The average molecular weight is 573 g/mol. The monoisotopic (exact) mass is 572 g/mol. The predicted octanol–water partition coefficient (Wildman–Crippen LogP) is -2.45. The van der Waals surface area contributed by atoms with Gasteiger partial charge in [-0.15, -0.1) is 0 Å². The van der Waals surface area contributed by atoms with Crippen molar-refractivity contribution in [2.45, 2.75) is 52.7 Å². The fourth-order valence-electron chi connectivity index (χ4n) is 2.43. The number of nitrogens with one attached hydrogen (secondary N) is 4. The van der Waals surface area contributed by atoms with Gasteiger partial charge in [0.1, 0.15) is 12.2 Å². The van der Waals surface area contributed by atoms with E-state index in [1.807, 2.05) is 0 Å². The number of aliphatic hydroxyl groups excluding tert-OH is 4. The van der Waals surface area contributed by atoms with Gasteiger partial charge in [-0.3, -0.25) is 19.2 Å². The standard InChI is InChI=1S/C22H42N4O8S2.H2O/c1-21(2,13-27)17(31)19(33)25-7-5-15(29)23-9-11-35-36-12-10-24-16(30)6-8-26-20(34)18(32)22(3,4)14-28;/h17-18,27-28,31-32H,5-14H2,1-4H3,(H,23,29)(H,24,30)(H,25,33)(H,26,34);1H2/t17-,18-;/m0./s1. The lowest BCUT2D eigenvalue weighted by Gasteiger charge is -2.27.